The Morgan fingerprint density at radius 2 is 1.82 bits per heavy atom. The van der Waals surface area contributed by atoms with Gasteiger partial charge < -0.3 is 10.6 Å². The molecule has 1 aromatic rings. The zero-order chi connectivity index (χ0) is 15.2. The average Bonchev–Trinajstić information content (AvgIpc) is 2.44. The van der Waals surface area contributed by atoms with Crippen molar-refractivity contribution in [2.45, 2.75) is 43.4 Å². The van der Waals surface area contributed by atoms with Crippen molar-refractivity contribution in [3.63, 3.8) is 0 Å². The van der Waals surface area contributed by atoms with Gasteiger partial charge in [-0.2, -0.15) is 0 Å². The average molecular weight is 335 g/mol. The summed E-state index contributed by atoms with van der Waals surface area (Å²) in [5.74, 6) is 1.69. The third-order valence-electron chi connectivity index (χ3n) is 5.77. The lowest BCUT2D eigenvalue weighted by Gasteiger charge is -2.60. The highest BCUT2D eigenvalue weighted by atomic mass is 35.5. The van der Waals surface area contributed by atoms with Gasteiger partial charge in [0.05, 0.1) is 0 Å². The van der Waals surface area contributed by atoms with Crippen LogP contribution >= 0.6 is 23.8 Å². The van der Waals surface area contributed by atoms with Crippen LogP contribution in [0.3, 0.4) is 0 Å². The van der Waals surface area contributed by atoms with Gasteiger partial charge in [0.15, 0.2) is 5.11 Å². The molecule has 2 nitrogen and oxygen atoms in total. The summed E-state index contributed by atoms with van der Waals surface area (Å²) < 4.78 is 0. The molecule has 118 valence electrons. The smallest absolute Gasteiger partial charge is 0.170 e. The van der Waals surface area contributed by atoms with Crippen molar-refractivity contribution < 1.29 is 0 Å². The third-order valence-corrected chi connectivity index (χ3v) is 6.46. The summed E-state index contributed by atoms with van der Waals surface area (Å²) in [7, 11) is 0. The Kier molecular flexibility index (Phi) is 3.61. The second-order valence-corrected chi connectivity index (χ2v) is 9.00. The molecule has 2 unspecified atom stereocenters. The SMILES string of the molecule is S=C(NCC12C[C@@H]3C[C@@H](CC(Cl)(C3)C1)C2)Nc1ccccc1. The van der Waals surface area contributed by atoms with Gasteiger partial charge in [-0.15, -0.1) is 11.6 Å². The fourth-order valence-corrected chi connectivity index (χ4v) is 6.42. The zero-order valence-electron chi connectivity index (χ0n) is 12.8. The summed E-state index contributed by atoms with van der Waals surface area (Å²) in [5, 5.41) is 7.47. The lowest BCUT2D eigenvalue weighted by atomic mass is 9.49. The number of hydrogen-bond donors (Lipinski definition) is 2. The van der Waals surface area contributed by atoms with E-state index in [2.05, 4.69) is 10.6 Å². The van der Waals surface area contributed by atoms with E-state index in [9.17, 15) is 0 Å². The zero-order valence-corrected chi connectivity index (χ0v) is 14.3. The van der Waals surface area contributed by atoms with Gasteiger partial charge in [-0.1, -0.05) is 18.2 Å². The van der Waals surface area contributed by atoms with Gasteiger partial charge in [0.1, 0.15) is 0 Å². The van der Waals surface area contributed by atoms with Crippen LogP contribution in [0.1, 0.15) is 38.5 Å². The van der Waals surface area contributed by atoms with E-state index in [-0.39, 0.29) is 4.87 Å². The van der Waals surface area contributed by atoms with E-state index in [1.807, 2.05) is 30.3 Å². The molecule has 0 heterocycles. The monoisotopic (exact) mass is 334 g/mol. The summed E-state index contributed by atoms with van der Waals surface area (Å²) >= 11 is 12.4. The van der Waals surface area contributed by atoms with Gasteiger partial charge in [0.2, 0.25) is 0 Å². The molecule has 0 spiro atoms. The minimum absolute atomic E-state index is 0.0836. The van der Waals surface area contributed by atoms with Gasteiger partial charge in [-0.3, -0.25) is 0 Å². The Hall–Kier alpha value is -0.800. The van der Waals surface area contributed by atoms with Crippen molar-refractivity contribution in [3.8, 4) is 0 Å². The van der Waals surface area contributed by atoms with Crippen molar-refractivity contribution in [3.05, 3.63) is 30.3 Å². The molecule has 5 rings (SSSR count). The van der Waals surface area contributed by atoms with Crippen molar-refractivity contribution >= 4 is 34.6 Å². The summed E-state index contributed by atoms with van der Waals surface area (Å²) in [6, 6.07) is 10.1. The number of benzene rings is 1. The highest BCUT2D eigenvalue weighted by molar-refractivity contribution is 7.80. The first kappa shape index (κ1) is 14.8. The lowest BCUT2D eigenvalue weighted by Crippen LogP contribution is -2.56. The first-order chi connectivity index (χ1) is 10.5. The Bertz CT molecular complexity index is 560. The molecule has 0 radical (unpaired) electrons. The largest absolute Gasteiger partial charge is 0.362 e. The maximum atomic E-state index is 6.89. The maximum absolute atomic E-state index is 6.89. The summed E-state index contributed by atoms with van der Waals surface area (Å²) in [6.45, 7) is 0.965. The molecule has 2 N–H and O–H groups in total. The van der Waals surface area contributed by atoms with E-state index >= 15 is 0 Å². The van der Waals surface area contributed by atoms with Crippen LogP contribution in [0.2, 0.25) is 0 Å². The number of thiocarbonyl (C=S) groups is 1. The van der Waals surface area contributed by atoms with Crippen LogP contribution in [0, 0.1) is 17.3 Å². The molecular formula is C18H23ClN2S. The number of alkyl halides is 1. The fourth-order valence-electron chi connectivity index (χ4n) is 5.51. The fraction of sp³-hybridized carbons (Fsp3) is 0.611. The molecule has 4 fully saturated rings. The van der Waals surface area contributed by atoms with Gasteiger partial charge >= 0.3 is 0 Å². The summed E-state index contributed by atoms with van der Waals surface area (Å²) in [5.41, 5.74) is 1.41. The van der Waals surface area contributed by atoms with E-state index in [1.165, 1.54) is 32.1 Å². The molecule has 0 aromatic heterocycles. The minimum Gasteiger partial charge on any atom is -0.362 e. The lowest BCUT2D eigenvalue weighted by molar-refractivity contribution is -0.0364. The molecular weight excluding hydrogens is 312 g/mol. The van der Waals surface area contributed by atoms with E-state index < -0.39 is 0 Å². The standard InChI is InChI=1S/C18H23ClN2S/c19-18-9-13-6-14(10-18)8-17(7-13,11-18)12-20-16(22)21-15-4-2-1-3-5-15/h1-5,13-14H,6-12H2,(H2,20,21,22)/t13-,14+,17?,18?. The van der Waals surface area contributed by atoms with Crippen LogP contribution in [-0.2, 0) is 0 Å². The first-order valence-electron chi connectivity index (χ1n) is 8.33. The van der Waals surface area contributed by atoms with E-state index in [0.29, 0.717) is 5.41 Å². The van der Waals surface area contributed by atoms with Gasteiger partial charge in [0.25, 0.3) is 0 Å². The molecule has 4 aliphatic carbocycles. The predicted molar refractivity (Wildman–Crippen MR) is 96.4 cm³/mol. The number of halogens is 1. The third kappa shape index (κ3) is 2.85. The number of anilines is 1. The van der Waals surface area contributed by atoms with E-state index in [0.717, 1.165) is 35.6 Å². The Labute approximate surface area is 143 Å². The van der Waals surface area contributed by atoms with Crippen LogP contribution in [0.5, 0.6) is 0 Å². The van der Waals surface area contributed by atoms with E-state index in [1.54, 1.807) is 0 Å². The molecule has 4 heteroatoms. The van der Waals surface area contributed by atoms with Crippen LogP contribution in [0.4, 0.5) is 5.69 Å². The second kappa shape index (κ2) is 5.38. The quantitative estimate of drug-likeness (QED) is 0.626. The highest BCUT2D eigenvalue weighted by Gasteiger charge is 2.56. The maximum Gasteiger partial charge on any atom is 0.170 e. The molecule has 0 amide bonds. The van der Waals surface area contributed by atoms with Crippen LogP contribution in [-0.4, -0.2) is 16.5 Å². The molecule has 4 aliphatic rings. The van der Waals surface area contributed by atoms with Gasteiger partial charge in [0, 0.05) is 17.1 Å². The van der Waals surface area contributed by atoms with Crippen molar-refractivity contribution in [1.29, 1.82) is 0 Å². The second-order valence-electron chi connectivity index (χ2n) is 7.79. The predicted octanol–water partition coefficient (Wildman–Crippen LogP) is 4.55. The molecule has 0 aliphatic heterocycles. The molecule has 0 saturated heterocycles. The Morgan fingerprint density at radius 3 is 2.45 bits per heavy atom. The van der Waals surface area contributed by atoms with Crippen molar-refractivity contribution in [2.75, 3.05) is 11.9 Å². The van der Waals surface area contributed by atoms with Gasteiger partial charge in [-0.05, 0) is 80.1 Å². The highest BCUT2D eigenvalue weighted by Crippen LogP contribution is 2.63. The Morgan fingerprint density at radius 1 is 1.14 bits per heavy atom. The number of nitrogens with one attached hydrogen (secondary N) is 2. The Balaban J connectivity index is 1.38. The number of para-hydroxylation sites is 1. The van der Waals surface area contributed by atoms with Crippen molar-refractivity contribution in [1.82, 2.24) is 5.32 Å². The number of hydrogen-bond acceptors (Lipinski definition) is 1. The molecule has 22 heavy (non-hydrogen) atoms. The summed E-state index contributed by atoms with van der Waals surface area (Å²) in [4.78, 5) is 0.0836. The summed E-state index contributed by atoms with van der Waals surface area (Å²) in [6.07, 6.45) is 7.70. The van der Waals surface area contributed by atoms with Crippen molar-refractivity contribution in [2.24, 2.45) is 17.3 Å². The van der Waals surface area contributed by atoms with Crippen LogP contribution in [0.25, 0.3) is 0 Å². The first-order valence-corrected chi connectivity index (χ1v) is 9.12. The molecule has 4 bridgehead atoms. The normalized spacial score (nSPS) is 38.8. The van der Waals surface area contributed by atoms with E-state index in [4.69, 9.17) is 23.8 Å². The van der Waals surface area contributed by atoms with Crippen LogP contribution < -0.4 is 10.6 Å². The minimum atomic E-state index is 0.0836. The molecule has 4 saturated carbocycles. The van der Waals surface area contributed by atoms with Crippen LogP contribution in [0.15, 0.2) is 30.3 Å². The number of rotatable bonds is 3. The van der Waals surface area contributed by atoms with Gasteiger partial charge in [-0.25, -0.2) is 0 Å². The molecule has 4 atom stereocenters. The topological polar surface area (TPSA) is 24.1 Å². The molecule has 1 aromatic carbocycles.